The van der Waals surface area contributed by atoms with Crippen molar-refractivity contribution in [3.05, 3.63) is 0 Å². The van der Waals surface area contributed by atoms with Crippen LogP contribution in [-0.2, 0) is 0 Å². The van der Waals surface area contributed by atoms with Crippen molar-refractivity contribution in [2.24, 2.45) is 5.92 Å². The molecule has 1 fully saturated rings. The summed E-state index contributed by atoms with van der Waals surface area (Å²) >= 11 is 1.96. The van der Waals surface area contributed by atoms with Gasteiger partial charge in [-0.15, -0.1) is 0 Å². The molecule has 0 saturated carbocycles. The molecule has 1 nitrogen and oxygen atoms in total. The average Bonchev–Trinajstić information content (AvgIpc) is 1.99. The molecule has 0 bridgehead atoms. The largest absolute Gasteiger partial charge is 0.300 e. The maximum absolute atomic E-state index is 2.62. The van der Waals surface area contributed by atoms with Crippen LogP contribution in [0.25, 0.3) is 0 Å². The van der Waals surface area contributed by atoms with Crippen LogP contribution in [0.3, 0.4) is 0 Å². The van der Waals surface area contributed by atoms with Gasteiger partial charge in [0, 0.05) is 19.1 Å². The molecule has 1 aliphatic heterocycles. The fraction of sp³-hybridized carbons (Fsp3) is 1.00. The van der Waals surface area contributed by atoms with Crippen LogP contribution in [0.2, 0.25) is 0 Å². The number of rotatable bonds is 5. The SMILES string of the molecule is CCC1CN(C(C)CCSC)C1. The molecule has 0 aromatic carbocycles. The number of likely N-dealkylation sites (tertiary alicyclic amines) is 1. The molecule has 12 heavy (non-hydrogen) atoms. The minimum Gasteiger partial charge on any atom is -0.300 e. The molecule has 1 heterocycles. The zero-order valence-corrected chi connectivity index (χ0v) is 9.36. The molecule has 0 radical (unpaired) electrons. The van der Waals surface area contributed by atoms with Crippen molar-refractivity contribution in [1.29, 1.82) is 0 Å². The van der Waals surface area contributed by atoms with E-state index >= 15 is 0 Å². The van der Waals surface area contributed by atoms with E-state index in [0.717, 1.165) is 12.0 Å². The molecule has 0 spiro atoms. The molecule has 1 aliphatic rings. The van der Waals surface area contributed by atoms with Crippen molar-refractivity contribution in [3.63, 3.8) is 0 Å². The first kappa shape index (κ1) is 10.4. The highest BCUT2D eigenvalue weighted by atomic mass is 32.2. The molecule has 1 saturated heterocycles. The summed E-state index contributed by atoms with van der Waals surface area (Å²) in [5.41, 5.74) is 0. The molecule has 0 aromatic heterocycles. The number of nitrogens with zero attached hydrogens (tertiary/aromatic N) is 1. The van der Waals surface area contributed by atoms with Crippen LogP contribution in [-0.4, -0.2) is 36.0 Å². The van der Waals surface area contributed by atoms with Gasteiger partial charge in [-0.25, -0.2) is 0 Å². The summed E-state index contributed by atoms with van der Waals surface area (Å²) in [6.07, 6.45) is 4.92. The quantitative estimate of drug-likeness (QED) is 0.650. The van der Waals surface area contributed by atoms with Crippen molar-refractivity contribution < 1.29 is 0 Å². The smallest absolute Gasteiger partial charge is 0.00750 e. The van der Waals surface area contributed by atoms with Crippen LogP contribution < -0.4 is 0 Å². The predicted octanol–water partition coefficient (Wildman–Crippen LogP) is 2.47. The van der Waals surface area contributed by atoms with Gasteiger partial charge in [-0.2, -0.15) is 11.8 Å². The summed E-state index contributed by atoms with van der Waals surface area (Å²) < 4.78 is 0. The van der Waals surface area contributed by atoms with Gasteiger partial charge in [-0.05, 0) is 31.3 Å². The van der Waals surface area contributed by atoms with Gasteiger partial charge in [0.1, 0.15) is 0 Å². The van der Waals surface area contributed by atoms with Crippen LogP contribution in [0.15, 0.2) is 0 Å². The average molecular weight is 187 g/mol. The highest BCUT2D eigenvalue weighted by Gasteiger charge is 2.27. The van der Waals surface area contributed by atoms with Gasteiger partial charge < -0.3 is 0 Å². The van der Waals surface area contributed by atoms with Gasteiger partial charge in [0.05, 0.1) is 0 Å². The first-order valence-corrected chi connectivity index (χ1v) is 6.40. The van der Waals surface area contributed by atoms with Crippen molar-refractivity contribution >= 4 is 11.8 Å². The normalized spacial score (nSPS) is 22.2. The Balaban J connectivity index is 2.06. The zero-order chi connectivity index (χ0) is 8.97. The van der Waals surface area contributed by atoms with E-state index in [0.29, 0.717) is 0 Å². The standard InChI is InChI=1S/C10H21NS/c1-4-10-7-11(8-10)9(2)5-6-12-3/h9-10H,4-8H2,1-3H3. The molecular formula is C10H21NS. The number of thioether (sulfide) groups is 1. The second-order valence-electron chi connectivity index (χ2n) is 3.86. The first-order chi connectivity index (χ1) is 5.77. The number of hydrogen-bond acceptors (Lipinski definition) is 2. The molecule has 0 amide bonds. The maximum Gasteiger partial charge on any atom is 0.00750 e. The fourth-order valence-corrected chi connectivity index (χ4v) is 2.28. The summed E-state index contributed by atoms with van der Waals surface area (Å²) in [5, 5.41) is 0. The lowest BCUT2D eigenvalue weighted by Gasteiger charge is -2.43. The third-order valence-corrected chi connectivity index (χ3v) is 3.57. The van der Waals surface area contributed by atoms with E-state index in [2.05, 4.69) is 25.0 Å². The van der Waals surface area contributed by atoms with Gasteiger partial charge >= 0.3 is 0 Å². The second-order valence-corrected chi connectivity index (χ2v) is 4.84. The van der Waals surface area contributed by atoms with Crippen LogP contribution in [0, 0.1) is 5.92 Å². The summed E-state index contributed by atoms with van der Waals surface area (Å²) in [4.78, 5) is 2.62. The van der Waals surface area contributed by atoms with Crippen LogP contribution in [0.5, 0.6) is 0 Å². The van der Waals surface area contributed by atoms with Gasteiger partial charge in [-0.3, -0.25) is 4.90 Å². The van der Waals surface area contributed by atoms with Crippen molar-refractivity contribution in [3.8, 4) is 0 Å². The first-order valence-electron chi connectivity index (χ1n) is 5.01. The lowest BCUT2D eigenvalue weighted by molar-refractivity contribution is 0.0570. The van der Waals surface area contributed by atoms with Gasteiger partial charge in [0.15, 0.2) is 0 Å². The van der Waals surface area contributed by atoms with E-state index in [9.17, 15) is 0 Å². The topological polar surface area (TPSA) is 3.24 Å². The van der Waals surface area contributed by atoms with Crippen LogP contribution >= 0.6 is 11.8 Å². The molecule has 1 rings (SSSR count). The minimum absolute atomic E-state index is 0.820. The van der Waals surface area contributed by atoms with E-state index < -0.39 is 0 Å². The van der Waals surface area contributed by atoms with E-state index in [1.165, 1.54) is 31.7 Å². The van der Waals surface area contributed by atoms with Gasteiger partial charge in [0.2, 0.25) is 0 Å². The second kappa shape index (κ2) is 5.13. The lowest BCUT2D eigenvalue weighted by atomic mass is 9.95. The highest BCUT2D eigenvalue weighted by molar-refractivity contribution is 7.98. The van der Waals surface area contributed by atoms with E-state index in [-0.39, 0.29) is 0 Å². The van der Waals surface area contributed by atoms with Gasteiger partial charge in [-0.1, -0.05) is 13.3 Å². The fourth-order valence-electron chi connectivity index (χ4n) is 1.70. The molecular weight excluding hydrogens is 166 g/mol. The minimum atomic E-state index is 0.820. The van der Waals surface area contributed by atoms with E-state index in [1.807, 2.05) is 11.8 Å². The Morgan fingerprint density at radius 3 is 2.67 bits per heavy atom. The maximum atomic E-state index is 2.62. The summed E-state index contributed by atoms with van der Waals surface area (Å²) in [6, 6.07) is 0.820. The summed E-state index contributed by atoms with van der Waals surface area (Å²) in [6.45, 7) is 7.37. The Hall–Kier alpha value is 0.310. The molecule has 0 aromatic rings. The molecule has 1 unspecified atom stereocenters. The third kappa shape index (κ3) is 2.67. The molecule has 0 N–H and O–H groups in total. The van der Waals surface area contributed by atoms with Crippen LogP contribution in [0.1, 0.15) is 26.7 Å². The van der Waals surface area contributed by atoms with Crippen molar-refractivity contribution in [2.45, 2.75) is 32.7 Å². The Kier molecular flexibility index (Phi) is 4.44. The lowest BCUT2D eigenvalue weighted by Crippen LogP contribution is -2.50. The molecule has 2 heteroatoms. The highest BCUT2D eigenvalue weighted by Crippen LogP contribution is 2.22. The predicted molar refractivity (Wildman–Crippen MR) is 57.8 cm³/mol. The zero-order valence-electron chi connectivity index (χ0n) is 8.55. The summed E-state index contributed by atoms with van der Waals surface area (Å²) in [5.74, 6) is 2.32. The van der Waals surface area contributed by atoms with Crippen molar-refractivity contribution in [2.75, 3.05) is 25.1 Å². The van der Waals surface area contributed by atoms with E-state index in [4.69, 9.17) is 0 Å². The molecule has 1 atom stereocenters. The number of hydrogen-bond donors (Lipinski definition) is 0. The van der Waals surface area contributed by atoms with Crippen LogP contribution in [0.4, 0.5) is 0 Å². The van der Waals surface area contributed by atoms with Crippen molar-refractivity contribution in [1.82, 2.24) is 4.90 Å². The monoisotopic (exact) mass is 187 g/mol. The van der Waals surface area contributed by atoms with Gasteiger partial charge in [0.25, 0.3) is 0 Å². The Morgan fingerprint density at radius 2 is 2.17 bits per heavy atom. The third-order valence-electron chi connectivity index (χ3n) is 2.93. The Morgan fingerprint density at radius 1 is 1.50 bits per heavy atom. The molecule has 0 aliphatic carbocycles. The van der Waals surface area contributed by atoms with E-state index in [1.54, 1.807) is 0 Å². The molecule has 72 valence electrons. The summed E-state index contributed by atoms with van der Waals surface area (Å²) in [7, 11) is 0. The Bertz CT molecular complexity index is 118. The Labute approximate surface area is 80.9 Å².